The molecule has 3 aliphatic rings. The van der Waals surface area contributed by atoms with Crippen LogP contribution in [-0.4, -0.2) is 103 Å². The molecule has 37 heavy (non-hydrogen) atoms. The second-order valence-electron chi connectivity index (χ2n) is 9.48. The predicted molar refractivity (Wildman–Crippen MR) is 119 cm³/mol. The van der Waals surface area contributed by atoms with E-state index in [2.05, 4.69) is 0 Å². The Balaban J connectivity index is 1.49. The highest BCUT2D eigenvalue weighted by Crippen LogP contribution is 2.48. The summed E-state index contributed by atoms with van der Waals surface area (Å²) in [4.78, 5) is 25.7. The highest BCUT2D eigenvalue weighted by molar-refractivity contribution is 6.04. The van der Waals surface area contributed by atoms with Gasteiger partial charge >= 0.3 is 5.97 Å². The molecule has 0 bridgehead atoms. The number of aliphatic hydroxyl groups is 5. The van der Waals surface area contributed by atoms with Gasteiger partial charge in [0.1, 0.15) is 36.3 Å². The van der Waals surface area contributed by atoms with Gasteiger partial charge in [-0.3, -0.25) is 4.79 Å². The first-order valence-corrected chi connectivity index (χ1v) is 11.7. The fourth-order valence-electron chi connectivity index (χ4n) is 4.97. The summed E-state index contributed by atoms with van der Waals surface area (Å²) in [5.41, 5.74) is -2.20. The number of fused-ring (bicyclic) bond motifs is 1. The molecule has 13 nitrogen and oxygen atoms in total. The van der Waals surface area contributed by atoms with Gasteiger partial charge in [-0.2, -0.15) is 0 Å². The molecule has 7 N–H and O–H groups in total. The van der Waals surface area contributed by atoms with Crippen molar-refractivity contribution in [2.45, 2.75) is 62.4 Å². The predicted octanol–water partition coefficient (Wildman–Crippen LogP) is -1.80. The zero-order chi connectivity index (χ0) is 27.1. The van der Waals surface area contributed by atoms with Gasteiger partial charge in [-0.25, -0.2) is 4.79 Å². The maximum atomic E-state index is 12.9. The number of esters is 1. The summed E-state index contributed by atoms with van der Waals surface area (Å²) in [6, 6.07) is 4.11. The summed E-state index contributed by atoms with van der Waals surface area (Å²) < 4.78 is 21.7. The van der Waals surface area contributed by atoms with Gasteiger partial charge in [-0.1, -0.05) is 13.0 Å². The van der Waals surface area contributed by atoms with Crippen LogP contribution in [0.4, 0.5) is 0 Å². The SMILES string of the molecule is CC1CC(=O)C2(O)C(C(=O)OCCc3ccc(O)c(O)c3)=COC(OC3OC(CO)C(O)C(O)C3O)C12. The molecule has 1 saturated heterocycles. The van der Waals surface area contributed by atoms with Gasteiger partial charge in [0, 0.05) is 12.8 Å². The van der Waals surface area contributed by atoms with Gasteiger partial charge in [0.25, 0.3) is 0 Å². The first-order valence-electron chi connectivity index (χ1n) is 11.7. The molecule has 1 saturated carbocycles. The summed E-state index contributed by atoms with van der Waals surface area (Å²) >= 11 is 0. The summed E-state index contributed by atoms with van der Waals surface area (Å²) in [5.74, 6) is -3.96. The molecule has 1 aromatic carbocycles. The lowest BCUT2D eigenvalue weighted by molar-refractivity contribution is -0.346. The third-order valence-electron chi connectivity index (χ3n) is 7.05. The van der Waals surface area contributed by atoms with Crippen LogP contribution < -0.4 is 0 Å². The van der Waals surface area contributed by atoms with E-state index in [-0.39, 0.29) is 30.9 Å². The highest BCUT2D eigenvalue weighted by atomic mass is 16.8. The van der Waals surface area contributed by atoms with Gasteiger partial charge < -0.3 is 54.7 Å². The van der Waals surface area contributed by atoms with Crippen LogP contribution in [0.15, 0.2) is 30.0 Å². The molecule has 0 radical (unpaired) electrons. The van der Waals surface area contributed by atoms with Crippen LogP contribution in [0.3, 0.4) is 0 Å². The molecule has 4 rings (SSSR count). The number of phenolic OH excluding ortho intramolecular Hbond substituents is 2. The van der Waals surface area contributed by atoms with Crippen molar-refractivity contribution in [3.63, 3.8) is 0 Å². The maximum Gasteiger partial charge on any atom is 0.340 e. The molecule has 1 aliphatic carbocycles. The van der Waals surface area contributed by atoms with Crippen molar-refractivity contribution in [2.24, 2.45) is 11.8 Å². The van der Waals surface area contributed by atoms with E-state index < -0.39 is 78.4 Å². The van der Waals surface area contributed by atoms with Gasteiger partial charge in [0.05, 0.1) is 19.1 Å². The third-order valence-corrected chi connectivity index (χ3v) is 7.05. The Labute approximate surface area is 211 Å². The molecule has 1 aromatic rings. The smallest absolute Gasteiger partial charge is 0.340 e. The van der Waals surface area contributed by atoms with E-state index in [0.29, 0.717) is 5.56 Å². The molecular formula is C24H30O13. The summed E-state index contributed by atoms with van der Waals surface area (Å²) in [5, 5.41) is 70.1. The first kappa shape index (κ1) is 27.3. The fourth-order valence-corrected chi connectivity index (χ4v) is 4.97. The van der Waals surface area contributed by atoms with E-state index in [0.717, 1.165) is 6.26 Å². The Bertz CT molecular complexity index is 1060. The van der Waals surface area contributed by atoms with Crippen molar-refractivity contribution in [1.82, 2.24) is 0 Å². The van der Waals surface area contributed by atoms with Crippen LogP contribution in [-0.2, 0) is 35.0 Å². The average Bonchev–Trinajstić information content (AvgIpc) is 3.10. The molecular weight excluding hydrogens is 496 g/mol. The minimum Gasteiger partial charge on any atom is -0.504 e. The number of aliphatic hydroxyl groups excluding tert-OH is 4. The lowest BCUT2D eigenvalue weighted by Gasteiger charge is -2.44. The van der Waals surface area contributed by atoms with E-state index in [1.54, 1.807) is 6.92 Å². The second-order valence-corrected chi connectivity index (χ2v) is 9.48. The molecule has 9 atom stereocenters. The maximum absolute atomic E-state index is 12.9. The Kier molecular flexibility index (Phi) is 7.76. The number of hydrogen-bond acceptors (Lipinski definition) is 13. The van der Waals surface area contributed by atoms with E-state index in [9.17, 15) is 45.3 Å². The molecule has 0 aromatic heterocycles. The minimum absolute atomic E-state index is 0.115. The van der Waals surface area contributed by atoms with Crippen molar-refractivity contribution in [1.29, 1.82) is 0 Å². The number of carbonyl (C=O) groups excluding carboxylic acids is 2. The molecule has 2 aliphatic heterocycles. The van der Waals surface area contributed by atoms with Crippen LogP contribution in [0.1, 0.15) is 18.9 Å². The van der Waals surface area contributed by atoms with Crippen LogP contribution in [0, 0.1) is 11.8 Å². The number of carbonyl (C=O) groups is 2. The van der Waals surface area contributed by atoms with Crippen LogP contribution >= 0.6 is 0 Å². The van der Waals surface area contributed by atoms with E-state index in [4.69, 9.17) is 18.9 Å². The molecule has 2 heterocycles. The lowest BCUT2D eigenvalue weighted by atomic mass is 9.78. The zero-order valence-electron chi connectivity index (χ0n) is 19.8. The van der Waals surface area contributed by atoms with Gasteiger partial charge in [0.2, 0.25) is 6.29 Å². The van der Waals surface area contributed by atoms with Gasteiger partial charge in [-0.05, 0) is 23.6 Å². The topological polar surface area (TPSA) is 213 Å². The average molecular weight is 526 g/mol. The van der Waals surface area contributed by atoms with E-state index in [1.165, 1.54) is 18.2 Å². The van der Waals surface area contributed by atoms with Crippen molar-refractivity contribution >= 4 is 11.8 Å². The first-order chi connectivity index (χ1) is 17.5. The number of aromatic hydroxyl groups is 2. The molecule has 9 unspecified atom stereocenters. The second kappa shape index (κ2) is 10.5. The number of hydrogen-bond donors (Lipinski definition) is 7. The minimum atomic E-state index is -2.33. The van der Waals surface area contributed by atoms with Gasteiger partial charge in [-0.15, -0.1) is 0 Å². The Morgan fingerprint density at radius 1 is 1.11 bits per heavy atom. The van der Waals surface area contributed by atoms with Crippen molar-refractivity contribution in [3.8, 4) is 11.5 Å². The Morgan fingerprint density at radius 2 is 1.84 bits per heavy atom. The van der Waals surface area contributed by atoms with Crippen molar-refractivity contribution in [2.75, 3.05) is 13.2 Å². The molecule has 2 fully saturated rings. The number of rotatable bonds is 7. The van der Waals surface area contributed by atoms with Crippen LogP contribution in [0.2, 0.25) is 0 Å². The summed E-state index contributed by atoms with van der Waals surface area (Å²) in [7, 11) is 0. The monoisotopic (exact) mass is 526 g/mol. The standard InChI is InChI=1S/C24H30O13/c1-10-6-16(28)24(33)12(21(32)34-5-4-11-2-3-13(26)14(27)7-11)9-35-22(17(10)24)37-23-20(31)19(30)18(29)15(8-25)36-23/h2-3,7,9-10,15,17-20,22-23,25-27,29-31,33H,4-6,8H2,1H3. The van der Waals surface area contributed by atoms with Crippen molar-refractivity contribution in [3.05, 3.63) is 35.6 Å². The number of ketones is 1. The quantitative estimate of drug-likeness (QED) is 0.154. The number of Topliss-reactive ketones (excluding diaryl/α,β-unsaturated/α-hetero) is 1. The third kappa shape index (κ3) is 4.91. The number of phenols is 2. The van der Waals surface area contributed by atoms with Crippen LogP contribution in [0.25, 0.3) is 0 Å². The zero-order valence-corrected chi connectivity index (χ0v) is 19.8. The van der Waals surface area contributed by atoms with Crippen LogP contribution in [0.5, 0.6) is 11.5 Å². The summed E-state index contributed by atoms with van der Waals surface area (Å²) in [6.07, 6.45) is -8.39. The normalized spacial score (nSPS) is 37.5. The largest absolute Gasteiger partial charge is 0.504 e. The van der Waals surface area contributed by atoms with Gasteiger partial charge in [0.15, 0.2) is 29.2 Å². The molecule has 0 amide bonds. The molecule has 13 heteroatoms. The molecule has 204 valence electrons. The van der Waals surface area contributed by atoms with E-state index >= 15 is 0 Å². The fraction of sp³-hybridized carbons (Fsp3) is 0.583. The summed E-state index contributed by atoms with van der Waals surface area (Å²) in [6.45, 7) is 0.785. The molecule has 0 spiro atoms. The Hall–Kier alpha value is -2.78. The Morgan fingerprint density at radius 3 is 2.51 bits per heavy atom. The highest BCUT2D eigenvalue weighted by Gasteiger charge is 2.63. The van der Waals surface area contributed by atoms with Crippen molar-refractivity contribution < 1.29 is 64.3 Å². The number of ether oxygens (including phenoxy) is 4. The van der Waals surface area contributed by atoms with E-state index in [1.807, 2.05) is 0 Å². The lowest BCUT2D eigenvalue weighted by Crippen LogP contribution is -2.61. The number of benzene rings is 1.